The molecule has 5 heteroatoms. The predicted molar refractivity (Wildman–Crippen MR) is 68.0 cm³/mol. The molecule has 1 heterocycles. The molecule has 102 valence electrons. The minimum absolute atomic E-state index is 0. The van der Waals surface area contributed by atoms with Crippen molar-refractivity contribution in [2.24, 2.45) is 5.92 Å². The van der Waals surface area contributed by atoms with Crippen LogP contribution in [0.5, 0.6) is 0 Å². The molecule has 0 unspecified atom stereocenters. The maximum Gasteiger partial charge on any atom is 0.416 e. The monoisotopic (exact) mass is 279 g/mol. The highest BCUT2D eigenvalue weighted by molar-refractivity contribution is 5.85. The highest BCUT2D eigenvalue weighted by Crippen LogP contribution is 2.29. The van der Waals surface area contributed by atoms with Crippen molar-refractivity contribution in [2.75, 3.05) is 13.1 Å². The molecular weight excluding hydrogens is 263 g/mol. The van der Waals surface area contributed by atoms with Crippen molar-refractivity contribution >= 4 is 12.4 Å². The number of nitrogens with one attached hydrogen (secondary N) is 1. The van der Waals surface area contributed by atoms with Crippen LogP contribution in [0.1, 0.15) is 24.0 Å². The molecule has 1 fully saturated rings. The summed E-state index contributed by atoms with van der Waals surface area (Å²) < 4.78 is 37.1. The van der Waals surface area contributed by atoms with Gasteiger partial charge in [0.15, 0.2) is 0 Å². The topological polar surface area (TPSA) is 12.0 Å². The second-order valence-electron chi connectivity index (χ2n) is 4.59. The molecule has 1 saturated heterocycles. The third kappa shape index (κ3) is 4.18. The first-order chi connectivity index (χ1) is 8.05. The van der Waals surface area contributed by atoms with Crippen molar-refractivity contribution in [3.05, 3.63) is 35.4 Å². The van der Waals surface area contributed by atoms with Gasteiger partial charge < -0.3 is 5.32 Å². The minimum atomic E-state index is -4.23. The van der Waals surface area contributed by atoms with E-state index in [9.17, 15) is 13.2 Å². The Morgan fingerprint density at radius 2 is 1.61 bits per heavy atom. The number of hydrogen-bond acceptors (Lipinski definition) is 1. The molecule has 0 aromatic heterocycles. The molecule has 0 spiro atoms. The molecule has 0 amide bonds. The second-order valence-corrected chi connectivity index (χ2v) is 4.59. The Labute approximate surface area is 111 Å². The van der Waals surface area contributed by atoms with Gasteiger partial charge in [0.05, 0.1) is 5.56 Å². The van der Waals surface area contributed by atoms with Gasteiger partial charge in [-0.25, -0.2) is 0 Å². The molecule has 1 N–H and O–H groups in total. The van der Waals surface area contributed by atoms with Crippen LogP contribution in [0.2, 0.25) is 0 Å². The highest BCUT2D eigenvalue weighted by atomic mass is 35.5. The highest BCUT2D eigenvalue weighted by Gasteiger charge is 2.30. The Morgan fingerprint density at radius 3 is 2.11 bits per heavy atom. The molecule has 18 heavy (non-hydrogen) atoms. The zero-order chi connectivity index (χ0) is 12.3. The summed E-state index contributed by atoms with van der Waals surface area (Å²) in [5.74, 6) is 0.605. The van der Waals surface area contributed by atoms with Crippen LogP contribution in [0.15, 0.2) is 24.3 Å². The van der Waals surface area contributed by atoms with Gasteiger partial charge in [-0.1, -0.05) is 12.1 Å². The van der Waals surface area contributed by atoms with Gasteiger partial charge in [-0.2, -0.15) is 13.2 Å². The number of hydrogen-bond donors (Lipinski definition) is 1. The third-order valence-electron chi connectivity index (χ3n) is 3.26. The second kappa shape index (κ2) is 6.43. The van der Waals surface area contributed by atoms with E-state index in [4.69, 9.17) is 0 Å². The van der Waals surface area contributed by atoms with Gasteiger partial charge in [-0.05, 0) is 56.0 Å². The van der Waals surface area contributed by atoms with Crippen molar-refractivity contribution in [1.29, 1.82) is 0 Å². The average molecular weight is 280 g/mol. The normalized spacial score (nSPS) is 17.3. The average Bonchev–Trinajstić information content (AvgIpc) is 2.30. The smallest absolute Gasteiger partial charge is 0.317 e. The van der Waals surface area contributed by atoms with Crippen molar-refractivity contribution in [3.63, 3.8) is 0 Å². The number of piperidine rings is 1. The summed E-state index contributed by atoms with van der Waals surface area (Å²) in [6, 6.07) is 5.56. The lowest BCUT2D eigenvalue weighted by Gasteiger charge is -2.22. The van der Waals surface area contributed by atoms with Gasteiger partial charge in [0, 0.05) is 0 Å². The summed E-state index contributed by atoms with van der Waals surface area (Å²) in [6.45, 7) is 2.04. The Morgan fingerprint density at radius 1 is 1.06 bits per heavy atom. The summed E-state index contributed by atoms with van der Waals surface area (Å²) in [6.07, 6.45) is -1.12. The Balaban J connectivity index is 0.00000162. The van der Waals surface area contributed by atoms with E-state index in [2.05, 4.69) is 5.32 Å². The predicted octanol–water partition coefficient (Wildman–Crippen LogP) is 3.67. The third-order valence-corrected chi connectivity index (χ3v) is 3.26. The SMILES string of the molecule is Cl.FC(F)(F)c1ccc(CC2CCNCC2)cc1. The summed E-state index contributed by atoms with van der Waals surface area (Å²) >= 11 is 0. The molecule has 0 bridgehead atoms. The fraction of sp³-hybridized carbons (Fsp3) is 0.538. The van der Waals surface area contributed by atoms with E-state index in [1.165, 1.54) is 12.1 Å². The van der Waals surface area contributed by atoms with Gasteiger partial charge in [-0.3, -0.25) is 0 Å². The van der Waals surface area contributed by atoms with Crippen LogP contribution in [0.4, 0.5) is 13.2 Å². The Hall–Kier alpha value is -0.740. The first kappa shape index (κ1) is 15.3. The van der Waals surface area contributed by atoms with Crippen LogP contribution in [0.25, 0.3) is 0 Å². The summed E-state index contributed by atoms with van der Waals surface area (Å²) in [5.41, 5.74) is 0.441. The van der Waals surface area contributed by atoms with Gasteiger partial charge in [0.2, 0.25) is 0 Å². The van der Waals surface area contributed by atoms with Crippen molar-refractivity contribution < 1.29 is 13.2 Å². The van der Waals surface area contributed by atoms with E-state index < -0.39 is 11.7 Å². The first-order valence-electron chi connectivity index (χ1n) is 5.92. The summed E-state index contributed by atoms with van der Waals surface area (Å²) in [7, 11) is 0. The number of halogens is 4. The Bertz CT molecular complexity index is 355. The zero-order valence-corrected chi connectivity index (χ0v) is 10.8. The largest absolute Gasteiger partial charge is 0.416 e. The van der Waals surface area contributed by atoms with Crippen molar-refractivity contribution in [3.8, 4) is 0 Å². The van der Waals surface area contributed by atoms with Crippen LogP contribution in [-0.4, -0.2) is 13.1 Å². The number of benzene rings is 1. The number of alkyl halides is 3. The standard InChI is InChI=1S/C13H16F3N.ClH/c14-13(15,16)12-3-1-10(2-4-12)9-11-5-7-17-8-6-11;/h1-4,11,17H,5-9H2;1H. The number of rotatable bonds is 2. The molecule has 1 aromatic rings. The maximum atomic E-state index is 12.4. The minimum Gasteiger partial charge on any atom is -0.317 e. The van der Waals surface area contributed by atoms with Crippen molar-refractivity contribution in [1.82, 2.24) is 5.32 Å². The fourth-order valence-corrected chi connectivity index (χ4v) is 2.25. The molecule has 0 aliphatic carbocycles. The fourth-order valence-electron chi connectivity index (χ4n) is 2.25. The van der Waals surface area contributed by atoms with Crippen LogP contribution in [0.3, 0.4) is 0 Å². The maximum absolute atomic E-state index is 12.4. The molecule has 0 radical (unpaired) electrons. The van der Waals surface area contributed by atoms with E-state index >= 15 is 0 Å². The molecule has 1 nitrogen and oxygen atoms in total. The quantitative estimate of drug-likeness (QED) is 0.871. The lowest BCUT2D eigenvalue weighted by atomic mass is 9.91. The molecule has 0 saturated carbocycles. The van der Waals surface area contributed by atoms with Gasteiger partial charge in [0.25, 0.3) is 0 Å². The molecule has 1 aliphatic heterocycles. The van der Waals surface area contributed by atoms with Crippen molar-refractivity contribution in [2.45, 2.75) is 25.4 Å². The molecular formula is C13H17ClF3N. The first-order valence-corrected chi connectivity index (χ1v) is 5.92. The summed E-state index contributed by atoms with van der Waals surface area (Å²) in [4.78, 5) is 0. The van der Waals surface area contributed by atoms with E-state index in [0.29, 0.717) is 5.92 Å². The molecule has 2 rings (SSSR count). The molecule has 0 atom stereocenters. The zero-order valence-electron chi connectivity index (χ0n) is 9.96. The van der Waals surface area contributed by atoms with Crippen LogP contribution < -0.4 is 5.32 Å². The van der Waals surface area contributed by atoms with Gasteiger partial charge in [0.1, 0.15) is 0 Å². The van der Waals surface area contributed by atoms with Gasteiger partial charge >= 0.3 is 6.18 Å². The van der Waals surface area contributed by atoms with E-state index in [1.54, 1.807) is 12.1 Å². The molecule has 1 aliphatic rings. The lowest BCUT2D eigenvalue weighted by Crippen LogP contribution is -2.28. The van der Waals surface area contributed by atoms with E-state index in [1.807, 2.05) is 0 Å². The lowest BCUT2D eigenvalue weighted by molar-refractivity contribution is -0.137. The van der Waals surface area contributed by atoms with Crippen LogP contribution in [0, 0.1) is 5.92 Å². The van der Waals surface area contributed by atoms with Gasteiger partial charge in [-0.15, -0.1) is 12.4 Å². The Kier molecular flexibility index (Phi) is 5.47. The van der Waals surface area contributed by atoms with Crippen LogP contribution >= 0.6 is 12.4 Å². The van der Waals surface area contributed by atoms with E-state index in [-0.39, 0.29) is 12.4 Å². The summed E-state index contributed by atoms with van der Waals surface area (Å²) in [5, 5.41) is 3.28. The van der Waals surface area contributed by atoms with Crippen LogP contribution in [-0.2, 0) is 12.6 Å². The molecule has 1 aromatic carbocycles. The van der Waals surface area contributed by atoms with E-state index in [0.717, 1.165) is 37.9 Å².